The number of carbonyl (C=O) groups is 2. The van der Waals surface area contributed by atoms with Crippen molar-refractivity contribution in [3.63, 3.8) is 0 Å². The van der Waals surface area contributed by atoms with Crippen molar-refractivity contribution in [3.05, 3.63) is 106 Å². The SMILES string of the molecule is COCCN1C(=O)C(=O)C(=C(O)c2ccc(OCc3ccccc3)cc2C)C1c1ccc(C)cc1. The van der Waals surface area contributed by atoms with Gasteiger partial charge in [-0.1, -0.05) is 60.2 Å². The number of aryl methyl sites for hydroxylation is 2. The van der Waals surface area contributed by atoms with Gasteiger partial charge in [-0.15, -0.1) is 0 Å². The molecule has 35 heavy (non-hydrogen) atoms. The molecule has 0 radical (unpaired) electrons. The number of Topliss-reactive ketones (excluding diaryl/α,β-unsaturated/α-hetero) is 1. The molecule has 1 saturated heterocycles. The zero-order chi connectivity index (χ0) is 24.9. The Balaban J connectivity index is 1.70. The summed E-state index contributed by atoms with van der Waals surface area (Å²) in [6, 6.07) is 22.1. The van der Waals surface area contributed by atoms with Crippen molar-refractivity contribution < 1.29 is 24.2 Å². The van der Waals surface area contributed by atoms with Crippen LogP contribution in [-0.4, -0.2) is 42.0 Å². The Labute approximate surface area is 205 Å². The molecule has 3 aromatic carbocycles. The van der Waals surface area contributed by atoms with E-state index in [1.54, 1.807) is 19.2 Å². The van der Waals surface area contributed by atoms with Gasteiger partial charge in [0.25, 0.3) is 11.7 Å². The zero-order valence-electron chi connectivity index (χ0n) is 20.2. The molecule has 3 aromatic rings. The van der Waals surface area contributed by atoms with E-state index in [1.165, 1.54) is 4.90 Å². The van der Waals surface area contributed by atoms with Gasteiger partial charge in [-0.2, -0.15) is 0 Å². The summed E-state index contributed by atoms with van der Waals surface area (Å²) in [5.41, 5.74) is 4.16. The minimum atomic E-state index is -0.701. The van der Waals surface area contributed by atoms with E-state index >= 15 is 0 Å². The Kier molecular flexibility index (Phi) is 7.32. The van der Waals surface area contributed by atoms with Crippen molar-refractivity contribution in [2.24, 2.45) is 0 Å². The zero-order valence-corrected chi connectivity index (χ0v) is 20.2. The summed E-state index contributed by atoms with van der Waals surface area (Å²) in [5, 5.41) is 11.3. The lowest BCUT2D eigenvalue weighted by molar-refractivity contribution is -0.140. The molecule has 180 valence electrons. The van der Waals surface area contributed by atoms with Crippen LogP contribution in [0.4, 0.5) is 0 Å². The highest BCUT2D eigenvalue weighted by Crippen LogP contribution is 2.40. The number of benzene rings is 3. The van der Waals surface area contributed by atoms with Crippen LogP contribution in [0.5, 0.6) is 5.75 Å². The molecule has 1 unspecified atom stereocenters. The topological polar surface area (TPSA) is 76.1 Å². The maximum Gasteiger partial charge on any atom is 0.295 e. The number of hydrogen-bond donors (Lipinski definition) is 1. The number of ketones is 1. The predicted molar refractivity (Wildman–Crippen MR) is 134 cm³/mol. The van der Waals surface area contributed by atoms with Crippen molar-refractivity contribution >= 4 is 17.4 Å². The fraction of sp³-hybridized carbons (Fsp3) is 0.241. The minimum absolute atomic E-state index is 0.0796. The third kappa shape index (κ3) is 5.12. The first kappa shape index (κ1) is 24.2. The number of carbonyl (C=O) groups excluding carboxylic acids is 2. The average Bonchev–Trinajstić information content (AvgIpc) is 3.12. The minimum Gasteiger partial charge on any atom is -0.507 e. The molecular formula is C29H29NO5. The van der Waals surface area contributed by atoms with Gasteiger partial charge in [0.2, 0.25) is 0 Å². The quantitative estimate of drug-likeness (QED) is 0.286. The van der Waals surface area contributed by atoms with Crippen LogP contribution in [0, 0.1) is 13.8 Å². The monoisotopic (exact) mass is 471 g/mol. The smallest absolute Gasteiger partial charge is 0.295 e. The first-order chi connectivity index (χ1) is 16.9. The number of likely N-dealkylation sites (tertiary alicyclic amines) is 1. The van der Waals surface area contributed by atoms with E-state index in [0.29, 0.717) is 17.9 Å². The van der Waals surface area contributed by atoms with Crippen molar-refractivity contribution in [2.45, 2.75) is 26.5 Å². The van der Waals surface area contributed by atoms with E-state index in [2.05, 4.69) is 0 Å². The molecule has 6 heteroatoms. The number of aliphatic hydroxyl groups is 1. The average molecular weight is 472 g/mol. The van der Waals surface area contributed by atoms with Crippen molar-refractivity contribution in [1.82, 2.24) is 4.90 Å². The molecule has 1 aliphatic heterocycles. The number of rotatable bonds is 8. The van der Waals surface area contributed by atoms with Gasteiger partial charge < -0.3 is 19.5 Å². The van der Waals surface area contributed by atoms with Gasteiger partial charge in [0.1, 0.15) is 18.1 Å². The molecule has 1 amide bonds. The summed E-state index contributed by atoms with van der Waals surface area (Å²) < 4.78 is 11.1. The molecule has 0 saturated carbocycles. The molecule has 0 bridgehead atoms. The lowest BCUT2D eigenvalue weighted by Crippen LogP contribution is -2.32. The van der Waals surface area contributed by atoms with Crippen LogP contribution in [0.2, 0.25) is 0 Å². The molecule has 1 atom stereocenters. The molecule has 4 rings (SSSR count). The van der Waals surface area contributed by atoms with Crippen LogP contribution in [-0.2, 0) is 20.9 Å². The van der Waals surface area contributed by atoms with E-state index < -0.39 is 17.7 Å². The van der Waals surface area contributed by atoms with Crippen molar-refractivity contribution in [2.75, 3.05) is 20.3 Å². The maximum atomic E-state index is 13.1. The molecule has 6 nitrogen and oxygen atoms in total. The highest BCUT2D eigenvalue weighted by atomic mass is 16.5. The maximum absolute atomic E-state index is 13.1. The highest BCUT2D eigenvalue weighted by Gasteiger charge is 2.45. The summed E-state index contributed by atoms with van der Waals surface area (Å²) in [7, 11) is 1.54. The summed E-state index contributed by atoms with van der Waals surface area (Å²) in [5.74, 6) is -0.887. The van der Waals surface area contributed by atoms with Gasteiger partial charge in [0, 0.05) is 19.2 Å². The van der Waals surface area contributed by atoms with E-state index in [9.17, 15) is 14.7 Å². The van der Waals surface area contributed by atoms with E-state index in [1.807, 2.05) is 74.5 Å². The molecule has 1 heterocycles. The summed E-state index contributed by atoms with van der Waals surface area (Å²) in [4.78, 5) is 27.5. The van der Waals surface area contributed by atoms with Gasteiger partial charge in [-0.25, -0.2) is 0 Å². The number of aliphatic hydroxyl groups excluding tert-OH is 1. The highest BCUT2D eigenvalue weighted by molar-refractivity contribution is 6.46. The van der Waals surface area contributed by atoms with Crippen molar-refractivity contribution in [1.29, 1.82) is 0 Å². The van der Waals surface area contributed by atoms with Gasteiger partial charge in [0.15, 0.2) is 0 Å². The Bertz CT molecular complexity index is 1250. The van der Waals surface area contributed by atoms with E-state index in [4.69, 9.17) is 9.47 Å². The molecule has 1 aliphatic rings. The lowest BCUT2D eigenvalue weighted by atomic mass is 9.93. The van der Waals surface area contributed by atoms with Gasteiger partial charge in [-0.05, 0) is 48.7 Å². The second-order valence-electron chi connectivity index (χ2n) is 8.65. The predicted octanol–water partition coefficient (Wildman–Crippen LogP) is 4.95. The lowest BCUT2D eigenvalue weighted by Gasteiger charge is -2.25. The number of ether oxygens (including phenoxy) is 2. The van der Waals surface area contributed by atoms with Crippen LogP contribution in [0.15, 0.2) is 78.4 Å². The van der Waals surface area contributed by atoms with Gasteiger partial charge in [-0.3, -0.25) is 9.59 Å². The number of nitrogens with zero attached hydrogens (tertiary/aromatic N) is 1. The number of methoxy groups -OCH3 is 1. The van der Waals surface area contributed by atoms with Crippen LogP contribution < -0.4 is 4.74 Å². The van der Waals surface area contributed by atoms with E-state index in [-0.39, 0.29) is 24.5 Å². The first-order valence-corrected chi connectivity index (χ1v) is 11.5. The number of amides is 1. The molecular weight excluding hydrogens is 442 g/mol. The van der Waals surface area contributed by atoms with Crippen molar-refractivity contribution in [3.8, 4) is 5.75 Å². The van der Waals surface area contributed by atoms with Crippen LogP contribution >= 0.6 is 0 Å². The van der Waals surface area contributed by atoms with E-state index in [0.717, 1.165) is 22.3 Å². The Hall–Kier alpha value is -3.90. The van der Waals surface area contributed by atoms with Crippen LogP contribution in [0.25, 0.3) is 5.76 Å². The fourth-order valence-corrected chi connectivity index (χ4v) is 4.27. The third-order valence-electron chi connectivity index (χ3n) is 6.17. The molecule has 0 aliphatic carbocycles. The molecule has 0 spiro atoms. The van der Waals surface area contributed by atoms with Gasteiger partial charge >= 0.3 is 0 Å². The summed E-state index contributed by atoms with van der Waals surface area (Å²) >= 11 is 0. The summed E-state index contributed by atoms with van der Waals surface area (Å²) in [6.45, 7) is 4.75. The number of hydrogen-bond acceptors (Lipinski definition) is 5. The largest absolute Gasteiger partial charge is 0.507 e. The Morgan fingerprint density at radius 2 is 1.69 bits per heavy atom. The Morgan fingerprint density at radius 1 is 0.971 bits per heavy atom. The third-order valence-corrected chi connectivity index (χ3v) is 6.17. The van der Waals surface area contributed by atoms with Crippen LogP contribution in [0.1, 0.15) is 33.9 Å². The second-order valence-corrected chi connectivity index (χ2v) is 8.65. The standard InChI is InChI=1S/C29H29NO5/c1-19-9-11-22(12-10-19)26-25(28(32)29(33)30(26)15-16-34-3)27(31)24-14-13-23(17-20(24)2)35-18-21-7-5-4-6-8-21/h4-14,17,26,31H,15-16,18H2,1-3H3. The Morgan fingerprint density at radius 3 is 2.34 bits per heavy atom. The normalized spacial score (nSPS) is 17.1. The molecule has 1 fully saturated rings. The fourth-order valence-electron chi connectivity index (χ4n) is 4.27. The first-order valence-electron chi connectivity index (χ1n) is 11.5. The second kappa shape index (κ2) is 10.6. The van der Waals surface area contributed by atoms with Crippen LogP contribution in [0.3, 0.4) is 0 Å². The summed E-state index contributed by atoms with van der Waals surface area (Å²) in [6.07, 6.45) is 0. The van der Waals surface area contributed by atoms with Gasteiger partial charge in [0.05, 0.1) is 18.2 Å². The molecule has 0 aromatic heterocycles. The molecule has 1 N–H and O–H groups in total.